The summed E-state index contributed by atoms with van der Waals surface area (Å²) >= 11 is 3.54. The van der Waals surface area contributed by atoms with E-state index >= 15 is 0 Å². The molecule has 1 aliphatic rings. The number of likely N-dealkylation sites (N-methyl/N-ethyl adjacent to an activating group) is 1. The summed E-state index contributed by atoms with van der Waals surface area (Å²) in [7, 11) is 3.29. The first-order chi connectivity index (χ1) is 8.41. The number of hydrogen-bond donors (Lipinski definition) is 0. The van der Waals surface area contributed by atoms with E-state index in [0.29, 0.717) is 0 Å². The highest BCUT2D eigenvalue weighted by Gasteiger charge is 2.47. The van der Waals surface area contributed by atoms with Crippen molar-refractivity contribution in [1.29, 1.82) is 0 Å². The van der Waals surface area contributed by atoms with E-state index in [-0.39, 0.29) is 5.91 Å². The fraction of sp³-hybridized carbons (Fsp3) is 0.385. The SMILES string of the molecule is COc1ccc(C2(Br)C(=O)N(C)N=C2C)cc1C. The Balaban J connectivity index is 2.52. The number of carbonyl (C=O) groups is 1. The van der Waals surface area contributed by atoms with Gasteiger partial charge in [-0.1, -0.05) is 28.1 Å². The van der Waals surface area contributed by atoms with Crippen molar-refractivity contribution in [2.24, 2.45) is 5.10 Å². The molecule has 1 atom stereocenters. The van der Waals surface area contributed by atoms with Crippen LogP contribution in [0.25, 0.3) is 0 Å². The molecule has 0 bridgehead atoms. The summed E-state index contributed by atoms with van der Waals surface area (Å²) in [6.07, 6.45) is 0. The van der Waals surface area contributed by atoms with E-state index in [4.69, 9.17) is 4.74 Å². The molecule has 0 N–H and O–H groups in total. The highest BCUT2D eigenvalue weighted by molar-refractivity contribution is 9.10. The number of hydrogen-bond acceptors (Lipinski definition) is 3. The second-order valence-corrected chi connectivity index (χ2v) is 5.55. The van der Waals surface area contributed by atoms with Crippen molar-refractivity contribution in [1.82, 2.24) is 5.01 Å². The molecule has 1 aromatic rings. The molecule has 1 heterocycles. The number of methoxy groups -OCH3 is 1. The zero-order chi connectivity index (χ0) is 13.5. The molecule has 5 heteroatoms. The van der Waals surface area contributed by atoms with E-state index in [9.17, 15) is 4.79 Å². The Bertz CT molecular complexity index is 542. The Morgan fingerprint density at radius 2 is 2.06 bits per heavy atom. The Labute approximate surface area is 115 Å². The summed E-state index contributed by atoms with van der Waals surface area (Å²) in [6.45, 7) is 3.80. The number of nitrogens with zero attached hydrogens (tertiary/aromatic N) is 2. The second-order valence-electron chi connectivity index (χ2n) is 4.36. The third-order valence-corrected chi connectivity index (χ3v) is 4.55. The van der Waals surface area contributed by atoms with Crippen LogP contribution in [-0.2, 0) is 9.12 Å². The van der Waals surface area contributed by atoms with Crippen molar-refractivity contribution >= 4 is 27.5 Å². The molecule has 1 amide bonds. The summed E-state index contributed by atoms with van der Waals surface area (Å²) in [6, 6.07) is 5.70. The molecule has 4 nitrogen and oxygen atoms in total. The first kappa shape index (κ1) is 13.1. The van der Waals surface area contributed by atoms with Gasteiger partial charge in [0.25, 0.3) is 5.91 Å². The average molecular weight is 311 g/mol. The molecule has 0 radical (unpaired) electrons. The molecule has 0 saturated heterocycles. The van der Waals surface area contributed by atoms with Crippen molar-refractivity contribution in [3.8, 4) is 5.75 Å². The van der Waals surface area contributed by atoms with E-state index in [2.05, 4.69) is 21.0 Å². The van der Waals surface area contributed by atoms with Gasteiger partial charge in [-0.2, -0.15) is 5.10 Å². The molecule has 1 unspecified atom stereocenters. The molecule has 1 aromatic carbocycles. The van der Waals surface area contributed by atoms with E-state index in [1.165, 1.54) is 5.01 Å². The third kappa shape index (κ3) is 1.73. The van der Waals surface area contributed by atoms with Crippen LogP contribution in [0.3, 0.4) is 0 Å². The van der Waals surface area contributed by atoms with Crippen LogP contribution in [0.15, 0.2) is 23.3 Å². The normalized spacial score (nSPS) is 23.3. The first-order valence-electron chi connectivity index (χ1n) is 5.59. The number of ether oxygens (including phenoxy) is 1. The summed E-state index contributed by atoms with van der Waals surface area (Å²) in [5.74, 6) is 0.729. The minimum atomic E-state index is -0.848. The highest BCUT2D eigenvalue weighted by Crippen LogP contribution is 2.40. The summed E-state index contributed by atoms with van der Waals surface area (Å²) in [4.78, 5) is 12.2. The molecular formula is C13H15BrN2O2. The average Bonchev–Trinajstić information content (AvgIpc) is 2.54. The van der Waals surface area contributed by atoms with Crippen molar-refractivity contribution in [3.05, 3.63) is 29.3 Å². The molecule has 0 aromatic heterocycles. The summed E-state index contributed by atoms with van der Waals surface area (Å²) < 4.78 is 4.38. The largest absolute Gasteiger partial charge is 0.496 e. The van der Waals surface area contributed by atoms with E-state index in [1.54, 1.807) is 14.2 Å². The fourth-order valence-electron chi connectivity index (χ4n) is 2.14. The highest BCUT2D eigenvalue weighted by atomic mass is 79.9. The van der Waals surface area contributed by atoms with Gasteiger partial charge in [-0.15, -0.1) is 0 Å². The molecule has 96 valence electrons. The van der Waals surface area contributed by atoms with E-state index < -0.39 is 4.32 Å². The van der Waals surface area contributed by atoms with Crippen LogP contribution < -0.4 is 4.74 Å². The monoisotopic (exact) mass is 310 g/mol. The number of benzene rings is 1. The predicted molar refractivity (Wildman–Crippen MR) is 74.2 cm³/mol. The third-order valence-electron chi connectivity index (χ3n) is 3.18. The number of hydrazone groups is 1. The van der Waals surface area contributed by atoms with Gasteiger partial charge >= 0.3 is 0 Å². The first-order valence-corrected chi connectivity index (χ1v) is 6.38. The molecule has 0 fully saturated rings. The second kappa shape index (κ2) is 4.39. The standard InChI is InChI=1S/C13H15BrN2O2/c1-8-7-10(5-6-11(8)18-4)13(14)9(2)15-16(3)12(13)17/h5-7H,1-4H3. The number of aryl methyl sites for hydroxylation is 1. The lowest BCUT2D eigenvalue weighted by Gasteiger charge is -2.22. The molecule has 2 rings (SSSR count). The minimum Gasteiger partial charge on any atom is -0.496 e. The van der Waals surface area contributed by atoms with Crippen molar-refractivity contribution in [3.63, 3.8) is 0 Å². The Morgan fingerprint density at radius 1 is 1.39 bits per heavy atom. The van der Waals surface area contributed by atoms with Gasteiger partial charge < -0.3 is 4.74 Å². The van der Waals surface area contributed by atoms with E-state index in [1.807, 2.05) is 32.0 Å². The molecule has 0 saturated carbocycles. The summed E-state index contributed by atoms with van der Waals surface area (Å²) in [5, 5.41) is 5.56. The van der Waals surface area contributed by atoms with Crippen LogP contribution in [0.4, 0.5) is 0 Å². The van der Waals surface area contributed by atoms with Crippen LogP contribution in [0, 0.1) is 6.92 Å². The van der Waals surface area contributed by atoms with Crippen LogP contribution in [0.1, 0.15) is 18.1 Å². The smallest absolute Gasteiger partial charge is 0.269 e. The number of carbonyl (C=O) groups excluding carboxylic acids is 1. The fourth-order valence-corrected chi connectivity index (χ4v) is 2.72. The number of alkyl halides is 1. The molecular weight excluding hydrogens is 296 g/mol. The predicted octanol–water partition coefficient (Wildman–Crippen LogP) is 2.44. The van der Waals surface area contributed by atoms with E-state index in [0.717, 1.165) is 22.6 Å². The lowest BCUT2D eigenvalue weighted by Crippen LogP contribution is -2.36. The Kier molecular flexibility index (Phi) is 3.19. The Morgan fingerprint density at radius 3 is 2.50 bits per heavy atom. The van der Waals surface area contributed by atoms with Crippen molar-refractivity contribution in [2.45, 2.75) is 18.2 Å². The van der Waals surface area contributed by atoms with Crippen LogP contribution in [-0.4, -0.2) is 30.8 Å². The molecule has 0 spiro atoms. The van der Waals surface area contributed by atoms with Gasteiger partial charge in [0.1, 0.15) is 5.75 Å². The van der Waals surface area contributed by atoms with Crippen molar-refractivity contribution < 1.29 is 9.53 Å². The number of amides is 1. The summed E-state index contributed by atoms with van der Waals surface area (Å²) in [5.41, 5.74) is 2.60. The van der Waals surface area contributed by atoms with Gasteiger partial charge in [0.15, 0.2) is 4.32 Å². The minimum absolute atomic E-state index is 0.0791. The molecule has 18 heavy (non-hydrogen) atoms. The van der Waals surface area contributed by atoms with Crippen LogP contribution in [0.2, 0.25) is 0 Å². The number of halogens is 1. The maximum atomic E-state index is 12.2. The van der Waals surface area contributed by atoms with Crippen LogP contribution >= 0.6 is 15.9 Å². The van der Waals surface area contributed by atoms with Crippen molar-refractivity contribution in [2.75, 3.05) is 14.2 Å². The quantitative estimate of drug-likeness (QED) is 0.787. The zero-order valence-corrected chi connectivity index (χ0v) is 12.4. The van der Waals surface area contributed by atoms with Gasteiger partial charge in [-0.25, -0.2) is 5.01 Å². The molecule has 1 aliphatic heterocycles. The maximum Gasteiger partial charge on any atom is 0.269 e. The van der Waals surface area contributed by atoms with Gasteiger partial charge in [0.2, 0.25) is 0 Å². The molecule has 0 aliphatic carbocycles. The lowest BCUT2D eigenvalue weighted by molar-refractivity contribution is -0.129. The zero-order valence-electron chi connectivity index (χ0n) is 10.8. The van der Waals surface area contributed by atoms with Gasteiger partial charge in [0.05, 0.1) is 12.8 Å². The maximum absolute atomic E-state index is 12.2. The van der Waals surface area contributed by atoms with Crippen LogP contribution in [0.5, 0.6) is 5.75 Å². The van der Waals surface area contributed by atoms with Gasteiger partial charge in [-0.3, -0.25) is 4.79 Å². The Hall–Kier alpha value is -1.36. The van der Waals surface area contributed by atoms with Gasteiger partial charge in [0, 0.05) is 7.05 Å². The van der Waals surface area contributed by atoms with Gasteiger partial charge in [-0.05, 0) is 31.0 Å². The number of rotatable bonds is 2. The lowest BCUT2D eigenvalue weighted by atomic mass is 9.93. The topological polar surface area (TPSA) is 41.9 Å².